The Morgan fingerprint density at radius 1 is 0.774 bits per heavy atom. The summed E-state index contributed by atoms with van der Waals surface area (Å²) in [5.74, 6) is -0.337. The van der Waals surface area contributed by atoms with Crippen LogP contribution in [-0.4, -0.2) is 24.1 Å². The second kappa shape index (κ2) is 8.42. The highest BCUT2D eigenvalue weighted by atomic mass is 16.6. The van der Waals surface area contributed by atoms with Gasteiger partial charge in [0.05, 0.1) is 23.7 Å². The fraction of sp³-hybridized carbons (Fsp3) is 0.308. The van der Waals surface area contributed by atoms with Crippen molar-refractivity contribution in [2.75, 3.05) is 0 Å². The zero-order valence-corrected chi connectivity index (χ0v) is 17.1. The highest BCUT2D eigenvalue weighted by Crippen LogP contribution is 2.52. The van der Waals surface area contributed by atoms with Gasteiger partial charge in [-0.05, 0) is 61.1 Å². The number of hydrogen-bond acceptors (Lipinski definition) is 5. The highest BCUT2D eigenvalue weighted by Gasteiger charge is 2.53. The lowest BCUT2D eigenvalue weighted by Gasteiger charge is -2.50. The number of benzene rings is 2. The first-order chi connectivity index (χ1) is 15.2. The molecule has 1 aromatic heterocycles. The fourth-order valence-electron chi connectivity index (χ4n) is 5.15. The predicted octanol–water partition coefficient (Wildman–Crippen LogP) is 5.24. The molecule has 5 nitrogen and oxygen atoms in total. The van der Waals surface area contributed by atoms with Gasteiger partial charge in [0.25, 0.3) is 0 Å². The SMILES string of the molecule is O=C(OC1C2CCC(C(c3ccoc3)C2)C1OC(=O)c1ccccc1)c1ccccc1. The minimum atomic E-state index is -0.493. The standard InChI is InChI=1S/C26H24O5/c27-25(17-7-3-1-4-8-17)30-23-19-11-12-21(22(15-19)20-13-14-29-16-20)24(23)31-26(28)18-9-5-2-6-10-18/h1-10,13-14,16,19,21-24H,11-12,15H2. The van der Waals surface area contributed by atoms with Gasteiger partial charge in [-0.2, -0.15) is 0 Å². The molecule has 0 N–H and O–H groups in total. The third-order valence-corrected chi connectivity index (χ3v) is 6.63. The van der Waals surface area contributed by atoms with Gasteiger partial charge in [-0.25, -0.2) is 9.59 Å². The maximum atomic E-state index is 12.9. The lowest BCUT2D eigenvalue weighted by molar-refractivity contribution is -0.129. The first-order valence-electron chi connectivity index (χ1n) is 10.7. The van der Waals surface area contributed by atoms with Gasteiger partial charge >= 0.3 is 11.9 Å². The summed E-state index contributed by atoms with van der Waals surface area (Å²) < 4.78 is 17.3. The second-order valence-electron chi connectivity index (χ2n) is 8.37. The molecule has 2 aromatic carbocycles. The minimum absolute atomic E-state index is 0.0730. The smallest absolute Gasteiger partial charge is 0.338 e. The van der Waals surface area contributed by atoms with Gasteiger partial charge in [-0.1, -0.05) is 36.4 Å². The van der Waals surface area contributed by atoms with Gasteiger partial charge in [0.2, 0.25) is 0 Å². The van der Waals surface area contributed by atoms with E-state index in [1.54, 1.807) is 36.8 Å². The molecule has 0 amide bonds. The number of esters is 2. The van der Waals surface area contributed by atoms with E-state index in [-0.39, 0.29) is 29.7 Å². The highest BCUT2D eigenvalue weighted by molar-refractivity contribution is 5.90. The van der Waals surface area contributed by atoms with Crippen LogP contribution in [0.3, 0.4) is 0 Å². The van der Waals surface area contributed by atoms with E-state index in [0.29, 0.717) is 11.1 Å². The molecule has 5 heteroatoms. The molecule has 3 fully saturated rings. The summed E-state index contributed by atoms with van der Waals surface area (Å²) >= 11 is 0. The van der Waals surface area contributed by atoms with Crippen LogP contribution >= 0.6 is 0 Å². The van der Waals surface area contributed by atoms with E-state index < -0.39 is 12.2 Å². The van der Waals surface area contributed by atoms with Gasteiger partial charge < -0.3 is 13.9 Å². The molecule has 0 aliphatic heterocycles. The molecule has 6 rings (SSSR count). The summed E-state index contributed by atoms with van der Waals surface area (Å²) in [5, 5.41) is 0. The van der Waals surface area contributed by atoms with Crippen molar-refractivity contribution < 1.29 is 23.5 Å². The lowest BCUT2D eigenvalue weighted by Crippen LogP contribution is -2.54. The Balaban J connectivity index is 1.42. The Hall–Kier alpha value is -3.34. The molecule has 158 valence electrons. The second-order valence-corrected chi connectivity index (χ2v) is 8.37. The molecule has 1 heterocycles. The van der Waals surface area contributed by atoms with E-state index in [0.717, 1.165) is 24.8 Å². The molecule has 5 unspecified atom stereocenters. The number of rotatable bonds is 5. The van der Waals surface area contributed by atoms with E-state index in [1.807, 2.05) is 42.5 Å². The normalized spacial score (nSPS) is 26.9. The zero-order chi connectivity index (χ0) is 21.2. The summed E-state index contributed by atoms with van der Waals surface area (Å²) in [7, 11) is 0. The van der Waals surface area contributed by atoms with Crippen molar-refractivity contribution in [3.8, 4) is 0 Å². The lowest BCUT2D eigenvalue weighted by atomic mass is 9.60. The van der Waals surface area contributed by atoms with Gasteiger partial charge in [0.1, 0.15) is 12.2 Å². The molecule has 2 bridgehead atoms. The molecular formula is C26H24O5. The van der Waals surface area contributed by atoms with E-state index in [2.05, 4.69) is 0 Å². The van der Waals surface area contributed by atoms with Crippen LogP contribution in [0.1, 0.15) is 51.5 Å². The van der Waals surface area contributed by atoms with Crippen molar-refractivity contribution in [1.82, 2.24) is 0 Å². The Morgan fingerprint density at radius 2 is 1.39 bits per heavy atom. The monoisotopic (exact) mass is 416 g/mol. The molecule has 3 saturated carbocycles. The van der Waals surface area contributed by atoms with Crippen LogP contribution in [0.2, 0.25) is 0 Å². The Labute approximate surface area is 181 Å². The average molecular weight is 416 g/mol. The van der Waals surface area contributed by atoms with Gasteiger partial charge in [0.15, 0.2) is 0 Å². The van der Waals surface area contributed by atoms with Gasteiger partial charge in [-0.3, -0.25) is 0 Å². The molecule has 3 aliphatic carbocycles. The number of fused-ring (bicyclic) bond motifs is 3. The predicted molar refractivity (Wildman–Crippen MR) is 114 cm³/mol. The van der Waals surface area contributed by atoms with Crippen LogP contribution in [0.5, 0.6) is 0 Å². The van der Waals surface area contributed by atoms with Crippen LogP contribution in [-0.2, 0) is 9.47 Å². The fourth-order valence-corrected chi connectivity index (χ4v) is 5.15. The van der Waals surface area contributed by atoms with Crippen LogP contribution in [0.15, 0.2) is 83.7 Å². The first-order valence-corrected chi connectivity index (χ1v) is 10.7. The Kier molecular flexibility index (Phi) is 5.33. The molecule has 0 spiro atoms. The van der Waals surface area contributed by atoms with Crippen molar-refractivity contribution in [3.63, 3.8) is 0 Å². The molecule has 3 aliphatic rings. The summed E-state index contributed by atoms with van der Waals surface area (Å²) in [5.41, 5.74) is 2.11. The maximum Gasteiger partial charge on any atom is 0.338 e. The topological polar surface area (TPSA) is 65.7 Å². The number of furan rings is 1. The number of hydrogen-bond donors (Lipinski definition) is 0. The van der Waals surface area contributed by atoms with E-state index >= 15 is 0 Å². The summed E-state index contributed by atoms with van der Waals surface area (Å²) in [6.07, 6.45) is 5.26. The average Bonchev–Trinajstić information content (AvgIpc) is 3.37. The van der Waals surface area contributed by atoms with Crippen molar-refractivity contribution in [3.05, 3.63) is 95.9 Å². The van der Waals surface area contributed by atoms with Crippen LogP contribution in [0.4, 0.5) is 0 Å². The minimum Gasteiger partial charge on any atom is -0.472 e. The Bertz CT molecular complexity index is 1030. The largest absolute Gasteiger partial charge is 0.472 e. The summed E-state index contributed by atoms with van der Waals surface area (Å²) in [6.45, 7) is 0. The maximum absolute atomic E-state index is 12.9. The van der Waals surface area contributed by atoms with Crippen molar-refractivity contribution in [1.29, 1.82) is 0 Å². The molecule has 0 saturated heterocycles. The first kappa shape index (κ1) is 19.6. The van der Waals surface area contributed by atoms with Crippen molar-refractivity contribution in [2.45, 2.75) is 37.4 Å². The molecule has 5 atom stereocenters. The molecule has 3 aromatic rings. The zero-order valence-electron chi connectivity index (χ0n) is 17.1. The third-order valence-electron chi connectivity index (χ3n) is 6.63. The number of ether oxygens (including phenoxy) is 2. The number of carbonyl (C=O) groups is 2. The number of carbonyl (C=O) groups excluding carboxylic acids is 2. The van der Waals surface area contributed by atoms with Gasteiger partial charge in [0, 0.05) is 11.8 Å². The van der Waals surface area contributed by atoms with Crippen LogP contribution in [0.25, 0.3) is 0 Å². The van der Waals surface area contributed by atoms with E-state index in [4.69, 9.17) is 13.9 Å². The van der Waals surface area contributed by atoms with E-state index in [9.17, 15) is 9.59 Å². The van der Waals surface area contributed by atoms with Crippen molar-refractivity contribution >= 4 is 11.9 Å². The molecular weight excluding hydrogens is 392 g/mol. The van der Waals surface area contributed by atoms with Crippen molar-refractivity contribution in [2.24, 2.45) is 11.8 Å². The van der Waals surface area contributed by atoms with Gasteiger partial charge in [-0.15, -0.1) is 0 Å². The summed E-state index contributed by atoms with van der Waals surface area (Å²) in [4.78, 5) is 25.7. The third kappa shape index (κ3) is 3.88. The summed E-state index contributed by atoms with van der Waals surface area (Å²) in [6, 6.07) is 19.9. The van der Waals surface area contributed by atoms with E-state index in [1.165, 1.54) is 0 Å². The van der Waals surface area contributed by atoms with Crippen LogP contribution < -0.4 is 0 Å². The Morgan fingerprint density at radius 3 is 1.97 bits per heavy atom. The van der Waals surface area contributed by atoms with Crippen LogP contribution in [0, 0.1) is 11.8 Å². The quantitative estimate of drug-likeness (QED) is 0.532. The molecule has 0 radical (unpaired) electrons. The molecule has 31 heavy (non-hydrogen) atoms.